The predicted octanol–water partition coefficient (Wildman–Crippen LogP) is 3.45. The summed E-state index contributed by atoms with van der Waals surface area (Å²) in [4.78, 5) is 37.9. The van der Waals surface area contributed by atoms with Crippen molar-refractivity contribution in [1.82, 2.24) is 0 Å². The first-order chi connectivity index (χ1) is 16.4. The van der Waals surface area contributed by atoms with Crippen molar-refractivity contribution < 1.29 is 33.3 Å². The number of Topliss-reactive ketones (excluding diaryl/α,β-unsaturated/α-hetero) is 2. The summed E-state index contributed by atoms with van der Waals surface area (Å²) < 4.78 is 23.0. The first-order valence-corrected chi connectivity index (χ1v) is 11.1. The molecule has 1 aliphatic heterocycles. The van der Waals surface area contributed by atoms with Crippen molar-refractivity contribution >= 4 is 17.5 Å². The summed E-state index contributed by atoms with van der Waals surface area (Å²) in [6.07, 6.45) is 0.934. The Morgan fingerprint density at radius 2 is 1.41 bits per heavy atom. The molecular weight excluding hydrogens is 436 g/mol. The normalized spacial score (nSPS) is 20.0. The van der Waals surface area contributed by atoms with E-state index in [-0.39, 0.29) is 6.61 Å². The number of esters is 1. The molecule has 0 saturated heterocycles. The zero-order chi connectivity index (χ0) is 24.6. The van der Waals surface area contributed by atoms with Crippen LogP contribution < -0.4 is 0 Å². The Kier molecular flexibility index (Phi) is 8.87. The molecule has 0 N–H and O–H groups in total. The number of hydrogen-bond acceptors (Lipinski definition) is 7. The van der Waals surface area contributed by atoms with Gasteiger partial charge in [0.15, 0.2) is 11.6 Å². The Morgan fingerprint density at radius 1 is 0.853 bits per heavy atom. The maximum atomic E-state index is 12.7. The number of hydrogen-bond donors (Lipinski definition) is 0. The van der Waals surface area contributed by atoms with Crippen LogP contribution in [0.1, 0.15) is 25.0 Å². The van der Waals surface area contributed by atoms with Crippen LogP contribution in [0.3, 0.4) is 0 Å². The van der Waals surface area contributed by atoms with Gasteiger partial charge in [0.1, 0.15) is 18.3 Å². The van der Waals surface area contributed by atoms with Crippen LogP contribution in [0, 0.1) is 5.41 Å². The summed E-state index contributed by atoms with van der Waals surface area (Å²) >= 11 is 0. The van der Waals surface area contributed by atoms with Gasteiger partial charge in [-0.15, -0.1) is 0 Å². The first-order valence-electron chi connectivity index (χ1n) is 11.1. The molecule has 3 atom stereocenters. The Labute approximate surface area is 199 Å². The van der Waals surface area contributed by atoms with Crippen LogP contribution in [0.4, 0.5) is 0 Å². The van der Waals surface area contributed by atoms with E-state index in [0.717, 1.165) is 18.2 Å². The zero-order valence-electron chi connectivity index (χ0n) is 19.6. The van der Waals surface area contributed by atoms with E-state index in [1.54, 1.807) is 6.08 Å². The number of ketones is 2. The van der Waals surface area contributed by atoms with Gasteiger partial charge >= 0.3 is 5.97 Å². The van der Waals surface area contributed by atoms with E-state index < -0.39 is 41.3 Å². The molecule has 0 saturated carbocycles. The molecule has 0 bridgehead atoms. The van der Waals surface area contributed by atoms with E-state index in [4.69, 9.17) is 18.9 Å². The lowest BCUT2D eigenvalue weighted by Crippen LogP contribution is -2.57. The lowest BCUT2D eigenvalue weighted by atomic mass is 9.74. The zero-order valence-corrected chi connectivity index (χ0v) is 19.6. The molecule has 2 aromatic carbocycles. The monoisotopic (exact) mass is 466 g/mol. The van der Waals surface area contributed by atoms with Crippen LogP contribution in [0.5, 0.6) is 0 Å². The van der Waals surface area contributed by atoms with E-state index in [0.29, 0.717) is 13.2 Å². The summed E-state index contributed by atoms with van der Waals surface area (Å²) in [5.41, 5.74) is -0.116. The van der Waals surface area contributed by atoms with Gasteiger partial charge in [0.25, 0.3) is 0 Å². The average Bonchev–Trinajstić information content (AvgIpc) is 2.84. The van der Waals surface area contributed by atoms with Crippen molar-refractivity contribution in [3.63, 3.8) is 0 Å². The Bertz CT molecular complexity index is 986. The van der Waals surface area contributed by atoms with Gasteiger partial charge in [0, 0.05) is 0 Å². The molecule has 1 heterocycles. The number of rotatable bonds is 11. The fourth-order valence-corrected chi connectivity index (χ4v) is 4.04. The summed E-state index contributed by atoms with van der Waals surface area (Å²) in [5.74, 6) is -2.24. The molecule has 0 fully saturated rings. The lowest BCUT2D eigenvalue weighted by Gasteiger charge is -2.39. The number of ether oxygens (including phenoxy) is 4. The highest BCUT2D eigenvalue weighted by molar-refractivity contribution is 6.22. The van der Waals surface area contributed by atoms with E-state index >= 15 is 0 Å². The topological polar surface area (TPSA) is 88.1 Å². The van der Waals surface area contributed by atoms with Crippen molar-refractivity contribution in [3.8, 4) is 0 Å². The van der Waals surface area contributed by atoms with Gasteiger partial charge in [-0.1, -0.05) is 72.8 Å². The smallest absolute Gasteiger partial charge is 0.330 e. The number of carbonyl (C=O) groups excluding carboxylic acids is 3. The van der Waals surface area contributed by atoms with Gasteiger partial charge in [-0.2, -0.15) is 0 Å². The summed E-state index contributed by atoms with van der Waals surface area (Å²) in [6.45, 7) is 3.19. The summed E-state index contributed by atoms with van der Waals surface area (Å²) in [5, 5.41) is 0. The highest BCUT2D eigenvalue weighted by Gasteiger charge is 2.57. The van der Waals surface area contributed by atoms with Crippen LogP contribution in [0.25, 0.3) is 0 Å². The van der Waals surface area contributed by atoms with Gasteiger partial charge < -0.3 is 18.9 Å². The van der Waals surface area contributed by atoms with Gasteiger partial charge in [0.05, 0.1) is 26.9 Å². The third kappa shape index (κ3) is 5.67. The number of carbonyl (C=O) groups is 3. The molecule has 7 heteroatoms. The van der Waals surface area contributed by atoms with Gasteiger partial charge in [0.2, 0.25) is 5.41 Å². The van der Waals surface area contributed by atoms with Gasteiger partial charge in [-0.05, 0) is 25.0 Å². The standard InChI is InChI=1S/C27H30O7/c1-19(28)27(20(2)29,26(30)31-3)25-15-14-23(33-17-22-12-8-5-9-13-22)24(34-25)18-32-16-21-10-6-4-7-11-21/h4-15,23-25H,16-18H2,1-3H3. The quantitative estimate of drug-likeness (QED) is 0.285. The molecule has 0 amide bonds. The Hall–Kier alpha value is -3.13. The highest BCUT2D eigenvalue weighted by Crippen LogP contribution is 2.34. The largest absolute Gasteiger partial charge is 0.468 e. The molecule has 0 radical (unpaired) electrons. The molecule has 0 aliphatic carbocycles. The fraction of sp³-hybridized carbons (Fsp3) is 0.370. The van der Waals surface area contributed by atoms with Crippen molar-refractivity contribution in [1.29, 1.82) is 0 Å². The molecule has 0 aromatic heterocycles. The second-order valence-corrected chi connectivity index (χ2v) is 8.15. The van der Waals surface area contributed by atoms with Crippen molar-refractivity contribution in [2.75, 3.05) is 13.7 Å². The maximum Gasteiger partial charge on any atom is 0.330 e. The minimum atomic E-state index is -2.09. The molecule has 7 nitrogen and oxygen atoms in total. The third-order valence-corrected chi connectivity index (χ3v) is 5.89. The molecule has 34 heavy (non-hydrogen) atoms. The Morgan fingerprint density at radius 3 is 1.94 bits per heavy atom. The SMILES string of the molecule is COC(=O)C(C(C)=O)(C(C)=O)C1C=CC(OCc2ccccc2)C(COCc2ccccc2)O1. The number of benzene rings is 2. The van der Waals surface area contributed by atoms with Gasteiger partial charge in [-0.25, -0.2) is 0 Å². The second-order valence-electron chi connectivity index (χ2n) is 8.15. The Balaban J connectivity index is 1.82. The molecule has 3 unspecified atom stereocenters. The van der Waals surface area contributed by atoms with E-state index in [1.165, 1.54) is 19.9 Å². The molecule has 3 rings (SSSR count). The van der Waals surface area contributed by atoms with Gasteiger partial charge in [-0.3, -0.25) is 14.4 Å². The minimum absolute atomic E-state index is 0.127. The highest BCUT2D eigenvalue weighted by atomic mass is 16.6. The number of methoxy groups -OCH3 is 1. The minimum Gasteiger partial charge on any atom is -0.468 e. The average molecular weight is 467 g/mol. The molecule has 0 spiro atoms. The van der Waals surface area contributed by atoms with Crippen molar-refractivity contribution in [3.05, 3.63) is 83.9 Å². The maximum absolute atomic E-state index is 12.7. The first kappa shape index (κ1) is 25.5. The van der Waals surface area contributed by atoms with E-state index in [9.17, 15) is 14.4 Å². The predicted molar refractivity (Wildman–Crippen MR) is 125 cm³/mol. The van der Waals surface area contributed by atoms with Crippen molar-refractivity contribution in [2.24, 2.45) is 5.41 Å². The third-order valence-electron chi connectivity index (χ3n) is 5.89. The molecule has 180 valence electrons. The van der Waals surface area contributed by atoms with Crippen LogP contribution in [0.15, 0.2) is 72.8 Å². The lowest BCUT2D eigenvalue weighted by molar-refractivity contribution is -0.182. The van der Waals surface area contributed by atoms with Crippen LogP contribution in [0.2, 0.25) is 0 Å². The van der Waals surface area contributed by atoms with E-state index in [2.05, 4.69) is 0 Å². The molecular formula is C27H30O7. The fourth-order valence-electron chi connectivity index (χ4n) is 4.04. The van der Waals surface area contributed by atoms with Crippen LogP contribution in [-0.4, -0.2) is 49.6 Å². The molecule has 2 aromatic rings. The summed E-state index contributed by atoms with van der Waals surface area (Å²) in [6, 6.07) is 19.3. The van der Waals surface area contributed by atoms with Crippen molar-refractivity contribution in [2.45, 2.75) is 45.4 Å². The van der Waals surface area contributed by atoms with Crippen LogP contribution >= 0.6 is 0 Å². The second kappa shape index (κ2) is 11.8. The van der Waals surface area contributed by atoms with E-state index in [1.807, 2.05) is 60.7 Å². The van der Waals surface area contributed by atoms with Crippen LogP contribution in [-0.2, 0) is 46.5 Å². The molecule has 1 aliphatic rings. The summed E-state index contributed by atoms with van der Waals surface area (Å²) in [7, 11) is 1.14.